The Morgan fingerprint density at radius 3 is 2.41 bits per heavy atom. The van der Waals surface area contributed by atoms with E-state index in [9.17, 15) is 14.0 Å². The Kier molecular flexibility index (Phi) is 7.02. The summed E-state index contributed by atoms with van der Waals surface area (Å²) in [6.45, 7) is 1.59. The van der Waals surface area contributed by atoms with Crippen molar-refractivity contribution in [3.05, 3.63) is 71.5 Å². The number of hydrogen-bond donors (Lipinski definition) is 1. The Balaban J connectivity index is 1.52. The molecule has 29 heavy (non-hydrogen) atoms. The van der Waals surface area contributed by atoms with Crippen LogP contribution in [0.15, 0.2) is 54.6 Å². The predicted molar refractivity (Wildman–Crippen MR) is 110 cm³/mol. The Hall–Kier alpha value is -2.69. The summed E-state index contributed by atoms with van der Waals surface area (Å²) in [7, 11) is 0. The van der Waals surface area contributed by atoms with Crippen molar-refractivity contribution in [2.24, 2.45) is 0 Å². The van der Waals surface area contributed by atoms with Crippen molar-refractivity contribution in [2.75, 3.05) is 6.61 Å². The van der Waals surface area contributed by atoms with Crippen molar-refractivity contribution >= 4 is 11.9 Å². The predicted octanol–water partition coefficient (Wildman–Crippen LogP) is 4.32. The number of carbonyl (C=O) groups is 2. The van der Waals surface area contributed by atoms with Gasteiger partial charge < -0.3 is 10.1 Å². The number of esters is 1. The van der Waals surface area contributed by atoms with Crippen molar-refractivity contribution in [3.8, 4) is 0 Å². The number of aryl methyl sites for hydroxylation is 1. The highest BCUT2D eigenvalue weighted by Crippen LogP contribution is 2.43. The second-order valence-corrected chi connectivity index (χ2v) is 7.84. The lowest BCUT2D eigenvalue weighted by molar-refractivity contribution is -0.154. The van der Waals surface area contributed by atoms with Crippen LogP contribution in [0.25, 0.3) is 0 Å². The zero-order valence-electron chi connectivity index (χ0n) is 16.8. The molecule has 1 aliphatic rings. The standard InChI is InChI=1S/C24H28FNO3/c1-18(13-14-19-9-3-2-4-10-19)26-22(27)17-29-23(28)24(15-7-8-16-24)20-11-5-6-12-21(20)25/h2-6,9-12,18H,7-8,13-17H2,1H3,(H,26,27). The summed E-state index contributed by atoms with van der Waals surface area (Å²) in [6.07, 6.45) is 4.42. The van der Waals surface area contributed by atoms with Gasteiger partial charge in [-0.2, -0.15) is 0 Å². The first-order valence-electron chi connectivity index (χ1n) is 10.3. The van der Waals surface area contributed by atoms with Crippen molar-refractivity contribution in [3.63, 3.8) is 0 Å². The minimum atomic E-state index is -0.982. The molecule has 1 amide bonds. The maximum absolute atomic E-state index is 14.4. The number of nitrogens with one attached hydrogen (secondary N) is 1. The molecular formula is C24H28FNO3. The molecule has 3 rings (SSSR count). The molecule has 2 aromatic carbocycles. The quantitative estimate of drug-likeness (QED) is 0.675. The summed E-state index contributed by atoms with van der Waals surface area (Å²) in [6, 6.07) is 16.4. The molecule has 154 valence electrons. The van der Waals surface area contributed by atoms with E-state index >= 15 is 0 Å². The van der Waals surface area contributed by atoms with Gasteiger partial charge in [-0.1, -0.05) is 61.4 Å². The number of ether oxygens (including phenoxy) is 1. The largest absolute Gasteiger partial charge is 0.455 e. The van der Waals surface area contributed by atoms with Crippen LogP contribution in [-0.2, 0) is 26.2 Å². The molecule has 0 radical (unpaired) electrons. The third-order valence-corrected chi connectivity index (χ3v) is 5.69. The number of amides is 1. The lowest BCUT2D eigenvalue weighted by atomic mass is 9.78. The molecule has 4 nitrogen and oxygen atoms in total. The summed E-state index contributed by atoms with van der Waals surface area (Å²) >= 11 is 0. The highest BCUT2D eigenvalue weighted by Gasteiger charge is 2.45. The normalized spacial score (nSPS) is 16.2. The van der Waals surface area contributed by atoms with Crippen LogP contribution in [0.2, 0.25) is 0 Å². The molecule has 1 N–H and O–H groups in total. The monoisotopic (exact) mass is 397 g/mol. The fourth-order valence-electron chi connectivity index (χ4n) is 4.10. The molecular weight excluding hydrogens is 369 g/mol. The average molecular weight is 397 g/mol. The highest BCUT2D eigenvalue weighted by molar-refractivity contribution is 5.86. The van der Waals surface area contributed by atoms with E-state index in [4.69, 9.17) is 4.74 Å². The van der Waals surface area contributed by atoms with Crippen molar-refractivity contribution < 1.29 is 18.7 Å². The van der Waals surface area contributed by atoms with Crippen molar-refractivity contribution in [2.45, 2.75) is 56.9 Å². The number of halogens is 1. The molecule has 0 heterocycles. The summed E-state index contributed by atoms with van der Waals surface area (Å²) in [5.41, 5.74) is 0.608. The van der Waals surface area contributed by atoms with Gasteiger partial charge in [0.2, 0.25) is 0 Å². The second kappa shape index (κ2) is 9.68. The third kappa shape index (κ3) is 5.22. The first-order chi connectivity index (χ1) is 14.0. The minimum Gasteiger partial charge on any atom is -0.455 e. The number of hydrogen-bond acceptors (Lipinski definition) is 3. The van der Waals surface area contributed by atoms with E-state index < -0.39 is 17.2 Å². The zero-order chi connectivity index (χ0) is 20.7. The van der Waals surface area contributed by atoms with Gasteiger partial charge in [-0.05, 0) is 44.2 Å². The number of carbonyl (C=O) groups excluding carboxylic acids is 2. The molecule has 1 saturated carbocycles. The molecule has 2 aromatic rings. The summed E-state index contributed by atoms with van der Waals surface area (Å²) in [5.74, 6) is -1.24. The van der Waals surface area contributed by atoms with E-state index in [1.54, 1.807) is 18.2 Å². The first-order valence-corrected chi connectivity index (χ1v) is 10.3. The van der Waals surface area contributed by atoms with Crippen LogP contribution >= 0.6 is 0 Å². The summed E-state index contributed by atoms with van der Waals surface area (Å²) in [4.78, 5) is 25.1. The smallest absolute Gasteiger partial charge is 0.317 e. The number of rotatable bonds is 8. The van der Waals surface area contributed by atoms with Gasteiger partial charge in [-0.15, -0.1) is 0 Å². The summed E-state index contributed by atoms with van der Waals surface area (Å²) < 4.78 is 19.7. The Bertz CT molecular complexity index is 831. The molecule has 1 fully saturated rings. The van der Waals surface area contributed by atoms with Crippen LogP contribution in [-0.4, -0.2) is 24.5 Å². The van der Waals surface area contributed by atoms with E-state index in [1.807, 2.05) is 25.1 Å². The fraction of sp³-hybridized carbons (Fsp3) is 0.417. The van der Waals surface area contributed by atoms with Gasteiger partial charge in [-0.3, -0.25) is 9.59 Å². The maximum Gasteiger partial charge on any atom is 0.317 e. The van der Waals surface area contributed by atoms with Gasteiger partial charge in [0.05, 0.1) is 5.41 Å². The summed E-state index contributed by atoms with van der Waals surface area (Å²) in [5, 5.41) is 2.87. The Morgan fingerprint density at radius 2 is 1.72 bits per heavy atom. The van der Waals surface area contributed by atoms with Crippen LogP contribution in [0.4, 0.5) is 4.39 Å². The van der Waals surface area contributed by atoms with E-state index in [-0.39, 0.29) is 18.6 Å². The van der Waals surface area contributed by atoms with Crippen LogP contribution in [0, 0.1) is 5.82 Å². The molecule has 1 atom stereocenters. The molecule has 0 saturated heterocycles. The second-order valence-electron chi connectivity index (χ2n) is 7.84. The van der Waals surface area contributed by atoms with Gasteiger partial charge in [0, 0.05) is 11.6 Å². The van der Waals surface area contributed by atoms with E-state index in [1.165, 1.54) is 11.6 Å². The number of benzene rings is 2. The molecule has 0 aliphatic heterocycles. The lowest BCUT2D eigenvalue weighted by Gasteiger charge is -2.27. The maximum atomic E-state index is 14.4. The van der Waals surface area contributed by atoms with Crippen LogP contribution in [0.5, 0.6) is 0 Å². The first kappa shape index (κ1) is 21.0. The van der Waals surface area contributed by atoms with Crippen LogP contribution < -0.4 is 5.32 Å². The van der Waals surface area contributed by atoms with Gasteiger partial charge in [0.25, 0.3) is 5.91 Å². The van der Waals surface area contributed by atoms with E-state index in [0.29, 0.717) is 18.4 Å². The molecule has 0 bridgehead atoms. The van der Waals surface area contributed by atoms with E-state index in [0.717, 1.165) is 25.7 Å². The van der Waals surface area contributed by atoms with Crippen molar-refractivity contribution in [1.82, 2.24) is 5.32 Å². The SMILES string of the molecule is CC(CCc1ccccc1)NC(=O)COC(=O)C1(c2ccccc2F)CCCC1. The average Bonchev–Trinajstić information content (AvgIpc) is 3.22. The third-order valence-electron chi connectivity index (χ3n) is 5.69. The topological polar surface area (TPSA) is 55.4 Å². The molecule has 0 aromatic heterocycles. The van der Waals surface area contributed by atoms with Gasteiger partial charge >= 0.3 is 5.97 Å². The Labute approximate surface area is 171 Å². The van der Waals surface area contributed by atoms with Crippen LogP contribution in [0.3, 0.4) is 0 Å². The van der Waals surface area contributed by atoms with Gasteiger partial charge in [-0.25, -0.2) is 4.39 Å². The fourth-order valence-corrected chi connectivity index (χ4v) is 4.10. The van der Waals surface area contributed by atoms with E-state index in [2.05, 4.69) is 17.4 Å². The lowest BCUT2D eigenvalue weighted by Crippen LogP contribution is -2.40. The van der Waals surface area contributed by atoms with Crippen molar-refractivity contribution in [1.29, 1.82) is 0 Å². The Morgan fingerprint density at radius 1 is 1.07 bits per heavy atom. The minimum absolute atomic E-state index is 0.0339. The molecule has 5 heteroatoms. The molecule has 1 aliphatic carbocycles. The van der Waals surface area contributed by atoms with Crippen LogP contribution in [0.1, 0.15) is 50.2 Å². The van der Waals surface area contributed by atoms with Gasteiger partial charge in [0.15, 0.2) is 6.61 Å². The molecule has 1 unspecified atom stereocenters. The molecule has 0 spiro atoms. The van der Waals surface area contributed by atoms with Gasteiger partial charge in [0.1, 0.15) is 5.82 Å². The zero-order valence-corrected chi connectivity index (χ0v) is 16.8. The highest BCUT2D eigenvalue weighted by atomic mass is 19.1.